The van der Waals surface area contributed by atoms with Crippen molar-refractivity contribution in [3.05, 3.63) is 57.8 Å². The predicted octanol–water partition coefficient (Wildman–Crippen LogP) is 4.15. The first-order valence-electron chi connectivity index (χ1n) is 7.25. The van der Waals surface area contributed by atoms with E-state index in [-0.39, 0.29) is 22.3 Å². The Bertz CT molecular complexity index is 655. The van der Waals surface area contributed by atoms with Crippen molar-refractivity contribution in [2.24, 2.45) is 0 Å². The average Bonchev–Trinajstić information content (AvgIpc) is 2.52. The molecule has 1 aromatic heterocycles. The summed E-state index contributed by atoms with van der Waals surface area (Å²) in [6.07, 6.45) is 1.69. The number of rotatable bonds is 6. The van der Waals surface area contributed by atoms with Crippen LogP contribution in [-0.4, -0.2) is 24.0 Å². The Kier molecular flexibility index (Phi) is 6.25. The number of halogens is 2. The molecule has 2 rings (SSSR count). The molecule has 1 heterocycles. The predicted molar refractivity (Wildman–Crippen MR) is 92.5 cm³/mol. The standard InChI is InChI=1S/C17H18Cl2N2O2/c1-11(3-4-12-5-7-14(23-2)8-6-12)20-17(22)13-9-15(18)21-16(19)10-13/h5-11H,3-4H2,1-2H3,(H,20,22). The lowest BCUT2D eigenvalue weighted by Crippen LogP contribution is -2.32. The highest BCUT2D eigenvalue weighted by atomic mass is 35.5. The molecule has 1 amide bonds. The van der Waals surface area contributed by atoms with Gasteiger partial charge in [0.1, 0.15) is 16.1 Å². The van der Waals surface area contributed by atoms with Gasteiger partial charge in [-0.05, 0) is 49.6 Å². The first kappa shape index (κ1) is 17.6. The topological polar surface area (TPSA) is 51.2 Å². The second-order valence-electron chi connectivity index (χ2n) is 5.26. The molecular formula is C17H18Cl2N2O2. The number of hydrogen-bond donors (Lipinski definition) is 1. The molecule has 6 heteroatoms. The van der Waals surface area contributed by atoms with Gasteiger partial charge in [0.05, 0.1) is 7.11 Å². The molecule has 0 fully saturated rings. The molecular weight excluding hydrogens is 335 g/mol. The van der Waals surface area contributed by atoms with Crippen LogP contribution in [0, 0.1) is 0 Å². The molecule has 1 unspecified atom stereocenters. The third-order valence-electron chi connectivity index (χ3n) is 3.43. The smallest absolute Gasteiger partial charge is 0.251 e. The molecule has 23 heavy (non-hydrogen) atoms. The van der Waals surface area contributed by atoms with Crippen LogP contribution in [0.3, 0.4) is 0 Å². The second kappa shape index (κ2) is 8.18. The normalized spacial score (nSPS) is 11.8. The number of amides is 1. The fraction of sp³-hybridized carbons (Fsp3) is 0.294. The number of carbonyl (C=O) groups is 1. The third kappa shape index (κ3) is 5.41. The maximum Gasteiger partial charge on any atom is 0.251 e. The third-order valence-corrected chi connectivity index (χ3v) is 3.81. The van der Waals surface area contributed by atoms with Gasteiger partial charge < -0.3 is 10.1 Å². The summed E-state index contributed by atoms with van der Waals surface area (Å²) in [6, 6.07) is 10.9. The monoisotopic (exact) mass is 352 g/mol. The first-order chi connectivity index (χ1) is 11.0. The molecule has 0 aliphatic rings. The second-order valence-corrected chi connectivity index (χ2v) is 6.04. The maximum absolute atomic E-state index is 12.2. The zero-order chi connectivity index (χ0) is 16.8. The Hall–Kier alpha value is -1.78. The molecule has 122 valence electrons. The van der Waals surface area contributed by atoms with E-state index in [1.54, 1.807) is 7.11 Å². The van der Waals surface area contributed by atoms with Crippen molar-refractivity contribution in [1.29, 1.82) is 0 Å². The Morgan fingerprint density at radius 1 is 1.22 bits per heavy atom. The SMILES string of the molecule is COc1ccc(CCC(C)NC(=O)c2cc(Cl)nc(Cl)c2)cc1. The molecule has 0 aliphatic heterocycles. The van der Waals surface area contributed by atoms with E-state index in [2.05, 4.69) is 10.3 Å². The van der Waals surface area contributed by atoms with E-state index in [1.807, 2.05) is 31.2 Å². The lowest BCUT2D eigenvalue weighted by atomic mass is 10.1. The van der Waals surface area contributed by atoms with E-state index in [0.717, 1.165) is 18.6 Å². The fourth-order valence-corrected chi connectivity index (χ4v) is 2.61. The number of methoxy groups -OCH3 is 1. The Morgan fingerprint density at radius 2 is 1.83 bits per heavy atom. The number of aryl methyl sites for hydroxylation is 1. The minimum atomic E-state index is -0.210. The van der Waals surface area contributed by atoms with Crippen LogP contribution in [0.25, 0.3) is 0 Å². The van der Waals surface area contributed by atoms with Gasteiger partial charge >= 0.3 is 0 Å². The summed E-state index contributed by atoms with van der Waals surface area (Å²) in [7, 11) is 1.64. The zero-order valence-corrected chi connectivity index (χ0v) is 14.5. The first-order valence-corrected chi connectivity index (χ1v) is 8.00. The molecule has 4 nitrogen and oxygen atoms in total. The van der Waals surface area contributed by atoms with Gasteiger partial charge in [-0.1, -0.05) is 35.3 Å². The van der Waals surface area contributed by atoms with Gasteiger partial charge in [0.2, 0.25) is 0 Å². The molecule has 1 atom stereocenters. The lowest BCUT2D eigenvalue weighted by molar-refractivity contribution is 0.0938. The maximum atomic E-state index is 12.2. The van der Waals surface area contributed by atoms with Gasteiger partial charge in [-0.25, -0.2) is 4.98 Å². The number of benzene rings is 1. The number of hydrogen-bond acceptors (Lipinski definition) is 3. The molecule has 0 saturated heterocycles. The van der Waals surface area contributed by atoms with Gasteiger partial charge in [-0.15, -0.1) is 0 Å². The number of ether oxygens (including phenoxy) is 1. The van der Waals surface area contributed by atoms with Gasteiger partial charge in [-0.3, -0.25) is 4.79 Å². The van der Waals surface area contributed by atoms with Crippen LogP contribution in [0.15, 0.2) is 36.4 Å². The van der Waals surface area contributed by atoms with Crippen molar-refractivity contribution in [3.63, 3.8) is 0 Å². The minimum Gasteiger partial charge on any atom is -0.497 e. The van der Waals surface area contributed by atoms with Crippen molar-refractivity contribution >= 4 is 29.1 Å². The molecule has 0 spiro atoms. The number of nitrogens with one attached hydrogen (secondary N) is 1. The average molecular weight is 353 g/mol. The molecule has 1 aromatic carbocycles. The number of pyridine rings is 1. The van der Waals surface area contributed by atoms with E-state index in [0.29, 0.717) is 5.56 Å². The van der Waals surface area contributed by atoms with Crippen molar-refractivity contribution in [1.82, 2.24) is 10.3 Å². The number of carbonyl (C=O) groups excluding carboxylic acids is 1. The molecule has 0 aliphatic carbocycles. The molecule has 2 aromatic rings. The fourth-order valence-electron chi connectivity index (χ4n) is 2.15. The minimum absolute atomic E-state index is 0.0234. The quantitative estimate of drug-likeness (QED) is 0.794. The molecule has 0 saturated carbocycles. The Labute approximate surface area is 145 Å². The highest BCUT2D eigenvalue weighted by Gasteiger charge is 2.12. The molecule has 0 bridgehead atoms. The van der Waals surface area contributed by atoms with Gasteiger partial charge in [-0.2, -0.15) is 0 Å². The summed E-state index contributed by atoms with van der Waals surface area (Å²) >= 11 is 11.6. The summed E-state index contributed by atoms with van der Waals surface area (Å²) in [5.41, 5.74) is 1.60. The Morgan fingerprint density at radius 3 is 2.39 bits per heavy atom. The van der Waals surface area contributed by atoms with E-state index < -0.39 is 0 Å². The van der Waals surface area contributed by atoms with Gasteiger partial charge in [0.15, 0.2) is 0 Å². The summed E-state index contributed by atoms with van der Waals surface area (Å²) < 4.78 is 5.13. The van der Waals surface area contributed by atoms with Gasteiger partial charge in [0, 0.05) is 11.6 Å². The number of aromatic nitrogens is 1. The van der Waals surface area contributed by atoms with E-state index in [4.69, 9.17) is 27.9 Å². The van der Waals surface area contributed by atoms with Crippen LogP contribution >= 0.6 is 23.2 Å². The van der Waals surface area contributed by atoms with E-state index in [9.17, 15) is 4.79 Å². The van der Waals surface area contributed by atoms with Gasteiger partial charge in [0.25, 0.3) is 5.91 Å². The van der Waals surface area contributed by atoms with Crippen LogP contribution in [0.1, 0.15) is 29.3 Å². The summed E-state index contributed by atoms with van der Waals surface area (Å²) in [5, 5.41) is 3.34. The largest absolute Gasteiger partial charge is 0.497 e. The lowest BCUT2D eigenvalue weighted by Gasteiger charge is -2.14. The highest BCUT2D eigenvalue weighted by Crippen LogP contribution is 2.16. The summed E-state index contributed by atoms with van der Waals surface area (Å²) in [4.78, 5) is 16.0. The van der Waals surface area contributed by atoms with Crippen molar-refractivity contribution < 1.29 is 9.53 Å². The van der Waals surface area contributed by atoms with E-state index >= 15 is 0 Å². The van der Waals surface area contributed by atoms with Crippen LogP contribution < -0.4 is 10.1 Å². The van der Waals surface area contributed by atoms with E-state index in [1.165, 1.54) is 17.7 Å². The van der Waals surface area contributed by atoms with Crippen molar-refractivity contribution in [3.8, 4) is 5.75 Å². The number of nitrogens with zero attached hydrogens (tertiary/aromatic N) is 1. The Balaban J connectivity index is 1.88. The van der Waals surface area contributed by atoms with Crippen molar-refractivity contribution in [2.75, 3.05) is 7.11 Å². The molecule has 1 N–H and O–H groups in total. The van der Waals surface area contributed by atoms with Crippen LogP contribution in [0.4, 0.5) is 0 Å². The summed E-state index contributed by atoms with van der Waals surface area (Å²) in [5.74, 6) is 0.625. The molecule has 0 radical (unpaired) electrons. The van der Waals surface area contributed by atoms with Crippen molar-refractivity contribution in [2.45, 2.75) is 25.8 Å². The van der Waals surface area contributed by atoms with Crippen LogP contribution in [-0.2, 0) is 6.42 Å². The van der Waals surface area contributed by atoms with Crippen LogP contribution in [0.5, 0.6) is 5.75 Å². The van der Waals surface area contributed by atoms with Crippen LogP contribution in [0.2, 0.25) is 10.3 Å². The zero-order valence-electron chi connectivity index (χ0n) is 13.0. The highest BCUT2D eigenvalue weighted by molar-refractivity contribution is 6.33. The summed E-state index contributed by atoms with van der Waals surface area (Å²) in [6.45, 7) is 1.96.